The highest BCUT2D eigenvalue weighted by atomic mass is 32.1. The number of carbonyl (C=O) groups is 1. The van der Waals surface area contributed by atoms with Gasteiger partial charge in [-0.15, -0.1) is 11.3 Å². The Bertz CT molecular complexity index is 758. The van der Waals surface area contributed by atoms with Crippen LogP contribution in [0, 0.1) is 6.92 Å². The molecule has 0 spiro atoms. The maximum Gasteiger partial charge on any atom is 0.268 e. The van der Waals surface area contributed by atoms with Crippen LogP contribution in [0.15, 0.2) is 23.0 Å². The van der Waals surface area contributed by atoms with Crippen LogP contribution in [0.2, 0.25) is 0 Å². The third-order valence-electron chi connectivity index (χ3n) is 3.11. The number of aromatic amines is 1. The molecule has 0 atom stereocenters. The summed E-state index contributed by atoms with van der Waals surface area (Å²) in [5.74, 6) is 0.512. The van der Waals surface area contributed by atoms with E-state index in [1.165, 1.54) is 11.3 Å². The number of aromatic nitrogens is 3. The molecule has 0 radical (unpaired) electrons. The molecule has 0 aromatic carbocycles. The van der Waals surface area contributed by atoms with Crippen LogP contribution < -0.4 is 5.32 Å². The molecule has 0 aliphatic heterocycles. The Kier molecular flexibility index (Phi) is 3.85. The highest BCUT2D eigenvalue weighted by molar-refractivity contribution is 7.17. The van der Waals surface area contributed by atoms with Crippen molar-refractivity contribution in [2.75, 3.05) is 5.32 Å². The van der Waals surface area contributed by atoms with Crippen LogP contribution in [0.1, 0.15) is 27.9 Å². The number of thiazole rings is 1. The molecule has 0 bridgehead atoms. The topological polar surface area (TPSA) is 70.7 Å². The molecule has 3 aromatic rings. The Morgan fingerprint density at radius 1 is 1.48 bits per heavy atom. The van der Waals surface area contributed by atoms with Gasteiger partial charge in [0, 0.05) is 16.5 Å². The van der Waals surface area contributed by atoms with E-state index in [1.54, 1.807) is 17.5 Å². The van der Waals surface area contributed by atoms with E-state index in [-0.39, 0.29) is 5.91 Å². The lowest BCUT2D eigenvalue weighted by atomic mass is 10.2. The van der Waals surface area contributed by atoms with Crippen molar-refractivity contribution in [3.63, 3.8) is 0 Å². The van der Waals surface area contributed by atoms with Crippen molar-refractivity contribution in [1.29, 1.82) is 0 Å². The second-order valence-corrected chi connectivity index (χ2v) is 6.30. The maximum absolute atomic E-state index is 12.4. The van der Waals surface area contributed by atoms with Gasteiger partial charge >= 0.3 is 0 Å². The molecule has 1 amide bonds. The van der Waals surface area contributed by atoms with Gasteiger partial charge in [-0.1, -0.05) is 6.92 Å². The number of nitrogens with zero attached hydrogens (tertiary/aromatic N) is 2. The fourth-order valence-corrected chi connectivity index (χ4v) is 3.65. The first-order valence-electron chi connectivity index (χ1n) is 6.52. The number of rotatable bonds is 4. The number of hydrogen-bond acceptors (Lipinski definition) is 5. The second kappa shape index (κ2) is 5.79. The number of thiophene rings is 1. The summed E-state index contributed by atoms with van der Waals surface area (Å²) in [4.78, 5) is 17.5. The zero-order chi connectivity index (χ0) is 14.8. The van der Waals surface area contributed by atoms with E-state index < -0.39 is 0 Å². The fourth-order valence-electron chi connectivity index (χ4n) is 1.97. The van der Waals surface area contributed by atoms with Crippen molar-refractivity contribution in [3.8, 4) is 10.6 Å². The SMILES string of the molecule is CCc1cn[nH]c1NC(=O)c1sc(-c2ccsc2)nc1C. The standard InChI is InChI=1S/C14H14N4OS2/c1-3-9-6-15-18-12(9)17-13(19)11-8(2)16-14(21-11)10-4-5-20-7-10/h4-7H,3H2,1-2H3,(H2,15,17,18,19). The van der Waals surface area contributed by atoms with Crippen molar-refractivity contribution < 1.29 is 4.79 Å². The Labute approximate surface area is 130 Å². The minimum absolute atomic E-state index is 0.148. The first-order valence-corrected chi connectivity index (χ1v) is 8.28. The molecule has 3 heterocycles. The lowest BCUT2D eigenvalue weighted by Gasteiger charge is -2.03. The van der Waals surface area contributed by atoms with Gasteiger partial charge in [0.05, 0.1) is 11.9 Å². The van der Waals surface area contributed by atoms with Crippen LogP contribution in [-0.2, 0) is 6.42 Å². The summed E-state index contributed by atoms with van der Waals surface area (Å²) in [5, 5.41) is 14.6. The molecule has 5 nitrogen and oxygen atoms in total. The number of carbonyl (C=O) groups excluding carboxylic acids is 1. The summed E-state index contributed by atoms with van der Waals surface area (Å²) in [6, 6.07) is 2.01. The smallest absolute Gasteiger partial charge is 0.268 e. The lowest BCUT2D eigenvalue weighted by Crippen LogP contribution is -2.13. The van der Waals surface area contributed by atoms with Gasteiger partial charge in [-0.05, 0) is 24.8 Å². The van der Waals surface area contributed by atoms with Crippen molar-refractivity contribution >= 4 is 34.4 Å². The van der Waals surface area contributed by atoms with E-state index in [4.69, 9.17) is 0 Å². The molecular weight excluding hydrogens is 304 g/mol. The third-order valence-corrected chi connectivity index (χ3v) is 5.00. The first kappa shape index (κ1) is 14.0. The molecule has 108 valence electrons. The highest BCUT2D eigenvalue weighted by Gasteiger charge is 2.18. The average molecular weight is 318 g/mol. The highest BCUT2D eigenvalue weighted by Crippen LogP contribution is 2.29. The average Bonchev–Trinajstić information content (AvgIpc) is 3.17. The van der Waals surface area contributed by atoms with Gasteiger partial charge in [0.2, 0.25) is 0 Å². The number of aryl methyl sites for hydroxylation is 2. The number of amides is 1. The molecule has 21 heavy (non-hydrogen) atoms. The molecule has 0 fully saturated rings. The second-order valence-electron chi connectivity index (χ2n) is 4.52. The van der Waals surface area contributed by atoms with E-state index in [2.05, 4.69) is 20.5 Å². The molecule has 0 saturated heterocycles. The summed E-state index contributed by atoms with van der Waals surface area (Å²) in [6.07, 6.45) is 2.54. The quantitative estimate of drug-likeness (QED) is 0.770. The summed E-state index contributed by atoms with van der Waals surface area (Å²) in [5.41, 5.74) is 2.79. The molecule has 0 aliphatic carbocycles. The van der Waals surface area contributed by atoms with E-state index >= 15 is 0 Å². The largest absolute Gasteiger partial charge is 0.306 e. The van der Waals surface area contributed by atoms with Crippen LogP contribution >= 0.6 is 22.7 Å². The predicted molar refractivity (Wildman–Crippen MR) is 86.1 cm³/mol. The van der Waals surface area contributed by atoms with Gasteiger partial charge in [-0.25, -0.2) is 4.98 Å². The minimum atomic E-state index is -0.148. The summed E-state index contributed by atoms with van der Waals surface area (Å²) >= 11 is 3.03. The monoisotopic (exact) mass is 318 g/mol. The predicted octanol–water partition coefficient (Wildman–Crippen LogP) is 3.72. The van der Waals surface area contributed by atoms with Crippen LogP contribution in [0.25, 0.3) is 10.6 Å². The number of H-pyrrole nitrogens is 1. The third kappa shape index (κ3) is 2.74. The Balaban J connectivity index is 1.85. The normalized spacial score (nSPS) is 10.8. The minimum Gasteiger partial charge on any atom is -0.306 e. The van der Waals surface area contributed by atoms with Crippen LogP contribution in [0.3, 0.4) is 0 Å². The van der Waals surface area contributed by atoms with Gasteiger partial charge < -0.3 is 5.32 Å². The first-order chi connectivity index (χ1) is 10.2. The van der Waals surface area contributed by atoms with Crippen molar-refractivity contribution in [2.24, 2.45) is 0 Å². The zero-order valence-corrected chi connectivity index (χ0v) is 13.3. The molecule has 0 unspecified atom stereocenters. The van der Waals surface area contributed by atoms with Gasteiger partial charge in [0.15, 0.2) is 0 Å². The molecule has 0 saturated carbocycles. The fraction of sp³-hybridized carbons (Fsp3) is 0.214. The Morgan fingerprint density at radius 3 is 3.05 bits per heavy atom. The van der Waals surface area contributed by atoms with Gasteiger partial charge in [-0.2, -0.15) is 16.4 Å². The summed E-state index contributed by atoms with van der Waals surface area (Å²) in [6.45, 7) is 3.88. The van der Waals surface area contributed by atoms with Crippen LogP contribution in [-0.4, -0.2) is 21.1 Å². The Hall–Kier alpha value is -1.99. The number of hydrogen-bond donors (Lipinski definition) is 2. The van der Waals surface area contributed by atoms with Gasteiger partial charge in [-0.3, -0.25) is 9.89 Å². The van der Waals surface area contributed by atoms with Crippen molar-refractivity contribution in [1.82, 2.24) is 15.2 Å². The molecule has 7 heteroatoms. The molecular formula is C14H14N4OS2. The van der Waals surface area contributed by atoms with Crippen molar-refractivity contribution in [2.45, 2.75) is 20.3 Å². The zero-order valence-electron chi connectivity index (χ0n) is 11.6. The maximum atomic E-state index is 12.4. The van der Waals surface area contributed by atoms with E-state index in [0.717, 1.165) is 28.2 Å². The van der Waals surface area contributed by atoms with Gasteiger partial charge in [0.1, 0.15) is 15.7 Å². The van der Waals surface area contributed by atoms with E-state index in [0.29, 0.717) is 10.7 Å². The van der Waals surface area contributed by atoms with Crippen LogP contribution in [0.5, 0.6) is 0 Å². The van der Waals surface area contributed by atoms with Crippen molar-refractivity contribution in [3.05, 3.63) is 39.2 Å². The lowest BCUT2D eigenvalue weighted by molar-refractivity contribution is 0.102. The molecule has 3 aromatic heterocycles. The van der Waals surface area contributed by atoms with Crippen LogP contribution in [0.4, 0.5) is 5.82 Å². The molecule has 2 N–H and O–H groups in total. The molecule has 0 aliphatic rings. The summed E-state index contributed by atoms with van der Waals surface area (Å²) < 4.78 is 0. The number of anilines is 1. The van der Waals surface area contributed by atoms with E-state index in [9.17, 15) is 4.79 Å². The molecule has 3 rings (SSSR count). The summed E-state index contributed by atoms with van der Waals surface area (Å²) in [7, 11) is 0. The Morgan fingerprint density at radius 2 is 2.33 bits per heavy atom. The van der Waals surface area contributed by atoms with E-state index in [1.807, 2.05) is 30.7 Å². The van der Waals surface area contributed by atoms with Gasteiger partial charge in [0.25, 0.3) is 5.91 Å². The number of nitrogens with one attached hydrogen (secondary N) is 2.